The Morgan fingerprint density at radius 1 is 1.75 bits per heavy atom. The van der Waals surface area contributed by atoms with E-state index in [1.165, 1.54) is 6.92 Å². The summed E-state index contributed by atoms with van der Waals surface area (Å²) >= 11 is 0. The van der Waals surface area contributed by atoms with Crippen molar-refractivity contribution in [2.75, 3.05) is 13.7 Å². The van der Waals surface area contributed by atoms with Gasteiger partial charge in [-0.15, -0.1) is 0 Å². The number of nitrogens with zero attached hydrogens (tertiary/aromatic N) is 1. The molecule has 0 heterocycles. The molecule has 1 unspecified atom stereocenters. The average Bonchev–Trinajstić information content (AvgIpc) is 1.86. The summed E-state index contributed by atoms with van der Waals surface area (Å²) in [5.74, 6) is 0. The largest absolute Gasteiger partial charge is 1.00 e. The van der Waals surface area contributed by atoms with Gasteiger partial charge in [0, 0.05) is 7.05 Å². The molecule has 0 aromatic rings. The van der Waals surface area contributed by atoms with Crippen molar-refractivity contribution >= 4 is 13.2 Å². The predicted molar refractivity (Wildman–Crippen MR) is 34.2 cm³/mol. The summed E-state index contributed by atoms with van der Waals surface area (Å²) in [6.07, 6.45) is 0. The van der Waals surface area contributed by atoms with Gasteiger partial charge in [0.05, 0.1) is 6.61 Å². The van der Waals surface area contributed by atoms with Crippen LogP contribution in [0.4, 0.5) is 4.79 Å². The minimum Gasteiger partial charge on any atom is -0.771 e. The molecule has 0 saturated carbocycles. The van der Waals surface area contributed by atoms with Crippen LogP contribution in [0, 0.1) is 0 Å². The molecule has 0 radical (unpaired) electrons. The van der Waals surface area contributed by atoms with Crippen LogP contribution in [-0.4, -0.2) is 29.6 Å². The molecule has 0 fully saturated rings. The van der Waals surface area contributed by atoms with Crippen LogP contribution in [0.5, 0.6) is 0 Å². The molecule has 0 aromatic carbocycles. The van der Waals surface area contributed by atoms with Gasteiger partial charge in [0.2, 0.25) is 7.60 Å². The summed E-state index contributed by atoms with van der Waals surface area (Å²) in [5.41, 5.74) is -1.45. The van der Waals surface area contributed by atoms with E-state index in [4.69, 9.17) is 5.21 Å². The van der Waals surface area contributed by atoms with Gasteiger partial charge in [-0.1, -0.05) is 0 Å². The second-order valence-electron chi connectivity index (χ2n) is 1.72. The zero-order valence-corrected chi connectivity index (χ0v) is 10.1. The van der Waals surface area contributed by atoms with E-state index in [1.807, 2.05) is 0 Å². The number of hydroxylamine groups is 2. The van der Waals surface area contributed by atoms with Crippen molar-refractivity contribution < 1.29 is 53.5 Å². The summed E-state index contributed by atoms with van der Waals surface area (Å²) in [6, 6.07) is 0. The van der Waals surface area contributed by atoms with Crippen LogP contribution in [0.3, 0.4) is 0 Å². The van der Waals surface area contributed by atoms with Crippen LogP contribution in [0.2, 0.25) is 0 Å². The van der Waals surface area contributed by atoms with Crippen molar-refractivity contribution in [2.45, 2.75) is 6.92 Å². The Kier molecular flexibility index (Phi) is 7.66. The normalized spacial score (nSPS) is 14.3. The molecule has 0 bridgehead atoms. The summed E-state index contributed by atoms with van der Waals surface area (Å²) in [6.45, 7) is 1.30. The van der Waals surface area contributed by atoms with Crippen LogP contribution < -0.4 is 34.5 Å². The van der Waals surface area contributed by atoms with Gasteiger partial charge >= 0.3 is 35.2 Å². The van der Waals surface area contributed by atoms with Gasteiger partial charge in [-0.3, -0.25) is 14.6 Å². The quantitative estimate of drug-likeness (QED) is 0.230. The zero-order valence-electron chi connectivity index (χ0n) is 7.18. The van der Waals surface area contributed by atoms with Gasteiger partial charge in [0.1, 0.15) is 0 Å². The first-order valence-electron chi connectivity index (χ1n) is 2.84. The fourth-order valence-corrected chi connectivity index (χ4v) is 1.21. The third kappa shape index (κ3) is 4.57. The Morgan fingerprint density at radius 2 is 2.17 bits per heavy atom. The first-order chi connectivity index (χ1) is 4.91. The van der Waals surface area contributed by atoms with Gasteiger partial charge in [-0.2, -0.15) is 0 Å². The molecule has 6 nitrogen and oxygen atoms in total. The Bertz CT molecular complexity index is 196. The van der Waals surface area contributed by atoms with E-state index in [1.54, 1.807) is 0 Å². The number of hydrogen-bond acceptors (Lipinski definition) is 5. The second kappa shape index (κ2) is 6.10. The van der Waals surface area contributed by atoms with Crippen molar-refractivity contribution in [1.29, 1.82) is 0 Å². The molecule has 66 valence electrons. The fourth-order valence-electron chi connectivity index (χ4n) is 0.402. The first kappa shape index (κ1) is 15.1. The third-order valence-corrected chi connectivity index (χ3v) is 2.17. The van der Waals surface area contributed by atoms with Crippen molar-refractivity contribution in [3.8, 4) is 0 Å². The molecule has 0 saturated heterocycles. The molecule has 0 aliphatic heterocycles. The van der Waals surface area contributed by atoms with E-state index in [-0.39, 0.29) is 41.2 Å². The van der Waals surface area contributed by atoms with E-state index in [0.29, 0.717) is 0 Å². The Hall–Kier alpha value is 0.580. The Balaban J connectivity index is 0. The predicted octanol–water partition coefficient (Wildman–Crippen LogP) is -2.98. The SMILES string of the molecule is CCOP(=O)([O-])C(=O)N(C)O.[Na+]. The van der Waals surface area contributed by atoms with Crippen molar-refractivity contribution in [2.24, 2.45) is 0 Å². The molecule has 8 heteroatoms. The van der Waals surface area contributed by atoms with E-state index in [2.05, 4.69) is 4.52 Å². The molecule has 0 spiro atoms. The first-order valence-corrected chi connectivity index (χ1v) is 4.38. The molecule has 1 N–H and O–H groups in total. The molecule has 0 aromatic heterocycles. The number of carbonyl (C=O) groups is 1. The van der Waals surface area contributed by atoms with Gasteiger partial charge in [-0.05, 0) is 6.92 Å². The van der Waals surface area contributed by atoms with Gasteiger partial charge < -0.3 is 9.42 Å². The number of carbonyl (C=O) groups excluding carboxylic acids is 1. The molecular weight excluding hydrogens is 196 g/mol. The molecule has 1 atom stereocenters. The fraction of sp³-hybridized carbons (Fsp3) is 0.750. The van der Waals surface area contributed by atoms with Crippen LogP contribution >= 0.6 is 7.60 Å². The minimum atomic E-state index is -4.55. The molecule has 0 aliphatic carbocycles. The standard InChI is InChI=1S/C4H10NO5P.Na/c1-3-10-11(8,9)4(6)5(2)7;/h7H,3H2,1-2H3,(H,8,9);/q;+1/p-1. The van der Waals surface area contributed by atoms with Crippen molar-refractivity contribution in [1.82, 2.24) is 5.06 Å². The van der Waals surface area contributed by atoms with E-state index in [9.17, 15) is 14.3 Å². The maximum absolute atomic E-state index is 10.6. The van der Waals surface area contributed by atoms with Crippen LogP contribution in [0.25, 0.3) is 0 Å². The van der Waals surface area contributed by atoms with Gasteiger partial charge in [-0.25, -0.2) is 5.06 Å². The van der Waals surface area contributed by atoms with Gasteiger partial charge in [0.15, 0.2) is 0 Å². The topological polar surface area (TPSA) is 89.9 Å². The van der Waals surface area contributed by atoms with Gasteiger partial charge in [0.25, 0.3) is 0 Å². The van der Waals surface area contributed by atoms with Crippen molar-refractivity contribution in [3.05, 3.63) is 0 Å². The second-order valence-corrected chi connectivity index (χ2v) is 3.36. The van der Waals surface area contributed by atoms with Crippen LogP contribution in [-0.2, 0) is 9.09 Å². The number of rotatable bonds is 3. The third-order valence-electron chi connectivity index (χ3n) is 0.810. The number of amides is 1. The van der Waals surface area contributed by atoms with Crippen LogP contribution in [0.15, 0.2) is 0 Å². The Morgan fingerprint density at radius 3 is 2.42 bits per heavy atom. The minimum absolute atomic E-state index is 0. The maximum Gasteiger partial charge on any atom is 1.00 e. The summed E-state index contributed by atoms with van der Waals surface area (Å²) < 4.78 is 14.7. The summed E-state index contributed by atoms with van der Waals surface area (Å²) in [4.78, 5) is 21.2. The average molecular weight is 205 g/mol. The molecular formula is C4H9NNaO5P. The molecule has 0 aliphatic rings. The van der Waals surface area contributed by atoms with E-state index < -0.39 is 13.2 Å². The summed E-state index contributed by atoms with van der Waals surface area (Å²) in [7, 11) is -3.64. The Labute approximate surface area is 92.3 Å². The van der Waals surface area contributed by atoms with Crippen LogP contribution in [0.1, 0.15) is 6.92 Å². The molecule has 12 heavy (non-hydrogen) atoms. The molecule has 1 amide bonds. The summed E-state index contributed by atoms with van der Waals surface area (Å²) in [5, 5.41) is 8.38. The monoisotopic (exact) mass is 205 g/mol. The van der Waals surface area contributed by atoms with Crippen molar-refractivity contribution in [3.63, 3.8) is 0 Å². The maximum atomic E-state index is 10.6. The van der Waals surface area contributed by atoms with E-state index in [0.717, 1.165) is 7.05 Å². The number of hydrogen-bond donors (Lipinski definition) is 1. The van der Waals surface area contributed by atoms with E-state index >= 15 is 0 Å². The smallest absolute Gasteiger partial charge is 0.771 e. The molecule has 0 rings (SSSR count). The zero-order chi connectivity index (χ0) is 9.07.